The Bertz CT molecular complexity index is 382. The maximum Gasteiger partial charge on any atom is 0.316 e. The lowest BCUT2D eigenvalue weighted by Crippen LogP contribution is -2.06. The highest BCUT2D eigenvalue weighted by atomic mass is 32.2. The molecular weight excluding hydrogens is 214 g/mol. The van der Waals surface area contributed by atoms with Gasteiger partial charge in [0, 0.05) is 5.56 Å². The van der Waals surface area contributed by atoms with Crippen LogP contribution in [0.15, 0.2) is 5.03 Å². The van der Waals surface area contributed by atoms with Crippen molar-refractivity contribution in [1.82, 2.24) is 9.97 Å². The van der Waals surface area contributed by atoms with Crippen LogP contribution in [0.5, 0.6) is 0 Å². The predicted octanol–water partition coefficient (Wildman–Crippen LogP) is 0.941. The van der Waals surface area contributed by atoms with Crippen molar-refractivity contribution in [1.29, 1.82) is 0 Å². The van der Waals surface area contributed by atoms with Crippen LogP contribution in [0, 0.1) is 13.8 Å². The number of rotatable bonds is 3. The molecule has 1 rings (SSSR count). The highest BCUT2D eigenvalue weighted by Gasteiger charge is 2.09. The first kappa shape index (κ1) is 11.8. The molecule has 0 spiro atoms. The lowest BCUT2D eigenvalue weighted by atomic mass is 10.3. The summed E-state index contributed by atoms with van der Waals surface area (Å²) in [5.74, 6) is 1.00. The van der Waals surface area contributed by atoms with Crippen molar-refractivity contribution in [3.63, 3.8) is 0 Å². The molecule has 15 heavy (non-hydrogen) atoms. The lowest BCUT2D eigenvalue weighted by molar-refractivity contribution is -0.137. The molecule has 82 valence electrons. The van der Waals surface area contributed by atoms with Gasteiger partial charge in [0.05, 0.1) is 12.9 Å². The van der Waals surface area contributed by atoms with Gasteiger partial charge in [-0.05, 0) is 13.8 Å². The number of hydrogen-bond acceptors (Lipinski definition) is 6. The van der Waals surface area contributed by atoms with Gasteiger partial charge in [0.1, 0.15) is 16.7 Å². The summed E-state index contributed by atoms with van der Waals surface area (Å²) in [6.45, 7) is 3.59. The van der Waals surface area contributed by atoms with E-state index in [0.717, 1.165) is 10.6 Å². The number of hydrogen-bond donors (Lipinski definition) is 1. The molecule has 0 bridgehead atoms. The van der Waals surface area contributed by atoms with Crippen LogP contribution in [0.25, 0.3) is 0 Å². The molecule has 0 aliphatic heterocycles. The molecule has 0 aliphatic rings. The van der Waals surface area contributed by atoms with E-state index in [2.05, 4.69) is 14.7 Å². The Balaban J connectivity index is 2.81. The zero-order valence-corrected chi connectivity index (χ0v) is 9.72. The van der Waals surface area contributed by atoms with Gasteiger partial charge in [-0.1, -0.05) is 11.8 Å². The van der Waals surface area contributed by atoms with Gasteiger partial charge in [-0.15, -0.1) is 0 Å². The summed E-state index contributed by atoms with van der Waals surface area (Å²) >= 11 is 1.30. The number of nitrogens with zero attached hydrogens (tertiary/aromatic N) is 2. The minimum Gasteiger partial charge on any atom is -0.468 e. The minimum absolute atomic E-state index is 0.229. The number of nitrogen functional groups attached to an aromatic ring is 1. The van der Waals surface area contributed by atoms with Gasteiger partial charge >= 0.3 is 5.97 Å². The summed E-state index contributed by atoms with van der Waals surface area (Å²) in [7, 11) is 1.36. The topological polar surface area (TPSA) is 78.1 Å². The molecule has 5 nitrogen and oxygen atoms in total. The fourth-order valence-electron chi connectivity index (χ4n) is 0.950. The molecule has 1 aromatic rings. The molecule has 0 aliphatic carbocycles. The Hall–Kier alpha value is -1.30. The molecule has 0 unspecified atom stereocenters. The summed E-state index contributed by atoms with van der Waals surface area (Å²) in [6.07, 6.45) is 0. The second-order valence-corrected chi connectivity index (χ2v) is 3.92. The third-order valence-corrected chi connectivity index (χ3v) is 2.86. The molecule has 0 atom stereocenters. The lowest BCUT2D eigenvalue weighted by Gasteiger charge is -2.06. The normalized spacial score (nSPS) is 10.1. The molecule has 0 radical (unpaired) electrons. The van der Waals surface area contributed by atoms with Crippen molar-refractivity contribution in [2.45, 2.75) is 18.9 Å². The zero-order valence-electron chi connectivity index (χ0n) is 8.90. The first-order chi connectivity index (χ1) is 7.04. The number of carbonyl (C=O) groups is 1. The first-order valence-electron chi connectivity index (χ1n) is 4.35. The van der Waals surface area contributed by atoms with E-state index in [1.54, 1.807) is 6.92 Å². The third kappa shape index (κ3) is 3.09. The maximum atomic E-state index is 10.9. The van der Waals surface area contributed by atoms with Gasteiger partial charge in [-0.25, -0.2) is 9.97 Å². The Morgan fingerprint density at radius 3 is 2.73 bits per heavy atom. The number of esters is 1. The van der Waals surface area contributed by atoms with E-state index in [-0.39, 0.29) is 11.7 Å². The van der Waals surface area contributed by atoms with Gasteiger partial charge in [0.2, 0.25) is 0 Å². The number of ether oxygens (including phenoxy) is 1. The number of methoxy groups -OCH3 is 1. The largest absolute Gasteiger partial charge is 0.468 e. The monoisotopic (exact) mass is 227 g/mol. The molecule has 0 saturated heterocycles. The molecule has 6 heteroatoms. The highest BCUT2D eigenvalue weighted by molar-refractivity contribution is 7.99. The Morgan fingerprint density at radius 2 is 2.13 bits per heavy atom. The summed E-state index contributed by atoms with van der Waals surface area (Å²) in [6, 6.07) is 0. The van der Waals surface area contributed by atoms with Crippen LogP contribution in [0.3, 0.4) is 0 Å². The van der Waals surface area contributed by atoms with Gasteiger partial charge < -0.3 is 10.5 Å². The van der Waals surface area contributed by atoms with Gasteiger partial charge in [-0.2, -0.15) is 0 Å². The molecule has 0 fully saturated rings. The molecule has 0 amide bonds. The number of anilines is 1. The fourth-order valence-corrected chi connectivity index (χ4v) is 1.84. The van der Waals surface area contributed by atoms with Crippen molar-refractivity contribution in [3.8, 4) is 0 Å². The van der Waals surface area contributed by atoms with Crippen molar-refractivity contribution in [2.75, 3.05) is 18.6 Å². The van der Waals surface area contributed by atoms with Gasteiger partial charge in [-0.3, -0.25) is 4.79 Å². The van der Waals surface area contributed by atoms with Crippen LogP contribution < -0.4 is 5.73 Å². The van der Waals surface area contributed by atoms with E-state index in [1.165, 1.54) is 18.9 Å². The smallest absolute Gasteiger partial charge is 0.316 e. The third-order valence-electron chi connectivity index (χ3n) is 1.81. The molecule has 1 aromatic heterocycles. The SMILES string of the molecule is COC(=O)CSc1nc(C)nc(N)c1C. The molecule has 1 heterocycles. The van der Waals surface area contributed by atoms with E-state index in [9.17, 15) is 4.79 Å². The number of aryl methyl sites for hydroxylation is 1. The zero-order chi connectivity index (χ0) is 11.4. The Labute approximate surface area is 92.4 Å². The van der Waals surface area contributed by atoms with Crippen LogP contribution in [0.4, 0.5) is 5.82 Å². The molecular formula is C9H13N3O2S. The summed E-state index contributed by atoms with van der Waals surface area (Å²) in [4.78, 5) is 19.2. The van der Waals surface area contributed by atoms with Crippen LogP contribution >= 0.6 is 11.8 Å². The van der Waals surface area contributed by atoms with E-state index < -0.39 is 0 Å². The first-order valence-corrected chi connectivity index (χ1v) is 5.33. The van der Waals surface area contributed by atoms with E-state index in [4.69, 9.17) is 5.73 Å². The minimum atomic E-state index is -0.283. The summed E-state index contributed by atoms with van der Waals surface area (Å²) in [5.41, 5.74) is 6.48. The quantitative estimate of drug-likeness (QED) is 0.470. The number of aromatic nitrogens is 2. The molecule has 0 aromatic carbocycles. The molecule has 2 N–H and O–H groups in total. The van der Waals surface area contributed by atoms with E-state index >= 15 is 0 Å². The van der Waals surface area contributed by atoms with Gasteiger partial charge in [0.25, 0.3) is 0 Å². The van der Waals surface area contributed by atoms with Crippen LogP contribution in [-0.4, -0.2) is 28.8 Å². The van der Waals surface area contributed by atoms with Crippen molar-refractivity contribution in [3.05, 3.63) is 11.4 Å². The summed E-state index contributed by atoms with van der Waals surface area (Å²) in [5, 5.41) is 0.727. The second kappa shape index (κ2) is 4.97. The van der Waals surface area contributed by atoms with E-state index in [1.807, 2.05) is 6.92 Å². The number of nitrogens with two attached hydrogens (primary N) is 1. The molecule has 0 saturated carbocycles. The van der Waals surface area contributed by atoms with Crippen molar-refractivity contribution in [2.24, 2.45) is 0 Å². The Kier molecular flexibility index (Phi) is 3.90. The van der Waals surface area contributed by atoms with Crippen LogP contribution in [-0.2, 0) is 9.53 Å². The Morgan fingerprint density at radius 1 is 1.47 bits per heavy atom. The maximum absolute atomic E-state index is 10.9. The van der Waals surface area contributed by atoms with Gasteiger partial charge in [0.15, 0.2) is 0 Å². The standard InChI is InChI=1S/C9H13N3O2S/c1-5-8(10)11-6(2)12-9(5)15-4-7(13)14-3/h4H2,1-3H3,(H2,10,11,12). The predicted molar refractivity (Wildman–Crippen MR) is 58.7 cm³/mol. The average molecular weight is 227 g/mol. The summed E-state index contributed by atoms with van der Waals surface area (Å²) < 4.78 is 4.54. The number of carbonyl (C=O) groups excluding carboxylic acids is 1. The second-order valence-electron chi connectivity index (χ2n) is 2.95. The fraction of sp³-hybridized carbons (Fsp3) is 0.444. The van der Waals surface area contributed by atoms with E-state index in [0.29, 0.717) is 11.6 Å². The van der Waals surface area contributed by atoms with Crippen LogP contribution in [0.2, 0.25) is 0 Å². The van der Waals surface area contributed by atoms with Crippen LogP contribution in [0.1, 0.15) is 11.4 Å². The number of thioether (sulfide) groups is 1. The van der Waals surface area contributed by atoms with Crippen molar-refractivity contribution >= 4 is 23.5 Å². The average Bonchev–Trinajstić information content (AvgIpc) is 2.20. The van der Waals surface area contributed by atoms with Crippen molar-refractivity contribution < 1.29 is 9.53 Å². The highest BCUT2D eigenvalue weighted by Crippen LogP contribution is 2.23.